The number of aryl methyl sites for hydroxylation is 2. The molecule has 0 aliphatic carbocycles. The molecule has 0 N–H and O–H groups in total. The van der Waals surface area contributed by atoms with Gasteiger partial charge >= 0.3 is 0 Å². The molecule has 5 heteroatoms. The number of carbonyl (C=O) groups excluding carboxylic acids is 1. The van der Waals surface area contributed by atoms with Crippen LogP contribution in [0.4, 0.5) is 0 Å². The molecule has 1 atom stereocenters. The standard InChI is InChI=1S/C16H21N3OS/c1-12-5-6-15(21-12)10-16(20)18-8-3-4-14(11-18)19-9-7-17-13(19)2/h5-7,9,14H,3-4,8,10-11H2,1-2H3/t14-/m0/s1. The summed E-state index contributed by atoms with van der Waals surface area (Å²) in [5.74, 6) is 1.28. The van der Waals surface area contributed by atoms with Crippen LogP contribution >= 0.6 is 11.3 Å². The van der Waals surface area contributed by atoms with Crippen molar-refractivity contribution in [3.8, 4) is 0 Å². The fourth-order valence-electron chi connectivity index (χ4n) is 3.02. The lowest BCUT2D eigenvalue weighted by atomic mass is 10.0. The van der Waals surface area contributed by atoms with Gasteiger partial charge in [-0.2, -0.15) is 0 Å². The van der Waals surface area contributed by atoms with Crippen molar-refractivity contribution in [1.29, 1.82) is 0 Å². The van der Waals surface area contributed by atoms with Crippen LogP contribution in [0.25, 0.3) is 0 Å². The second-order valence-corrected chi connectivity index (χ2v) is 7.08. The highest BCUT2D eigenvalue weighted by atomic mass is 32.1. The van der Waals surface area contributed by atoms with Crippen molar-refractivity contribution >= 4 is 17.2 Å². The van der Waals surface area contributed by atoms with Crippen molar-refractivity contribution in [2.24, 2.45) is 0 Å². The van der Waals surface area contributed by atoms with Gasteiger partial charge in [0.2, 0.25) is 5.91 Å². The van der Waals surface area contributed by atoms with Crippen LogP contribution in [0.2, 0.25) is 0 Å². The average molecular weight is 303 g/mol. The molecule has 112 valence electrons. The van der Waals surface area contributed by atoms with Crippen molar-refractivity contribution in [2.45, 2.75) is 39.2 Å². The van der Waals surface area contributed by atoms with E-state index in [9.17, 15) is 4.79 Å². The second kappa shape index (κ2) is 6.02. The largest absolute Gasteiger partial charge is 0.340 e. The van der Waals surface area contributed by atoms with Crippen LogP contribution in [0.3, 0.4) is 0 Å². The van der Waals surface area contributed by atoms with Gasteiger partial charge < -0.3 is 9.47 Å². The van der Waals surface area contributed by atoms with Gasteiger partial charge in [0.05, 0.1) is 12.5 Å². The molecule has 0 radical (unpaired) electrons. The van der Waals surface area contributed by atoms with Gasteiger partial charge in [0, 0.05) is 35.2 Å². The molecule has 3 heterocycles. The van der Waals surface area contributed by atoms with Gasteiger partial charge in [-0.25, -0.2) is 4.98 Å². The fraction of sp³-hybridized carbons (Fsp3) is 0.500. The summed E-state index contributed by atoms with van der Waals surface area (Å²) in [5.41, 5.74) is 0. The molecule has 2 aromatic heterocycles. The number of hydrogen-bond donors (Lipinski definition) is 0. The van der Waals surface area contributed by atoms with E-state index in [0.717, 1.165) is 31.8 Å². The van der Waals surface area contributed by atoms with Gasteiger partial charge in [-0.15, -0.1) is 11.3 Å². The predicted octanol–water partition coefficient (Wildman–Crippen LogP) is 2.97. The monoisotopic (exact) mass is 303 g/mol. The summed E-state index contributed by atoms with van der Waals surface area (Å²) in [7, 11) is 0. The molecular weight excluding hydrogens is 282 g/mol. The quantitative estimate of drug-likeness (QED) is 0.874. The second-order valence-electron chi connectivity index (χ2n) is 5.71. The molecule has 1 amide bonds. The number of amides is 1. The van der Waals surface area contributed by atoms with Crippen LogP contribution in [-0.4, -0.2) is 33.4 Å². The number of likely N-dealkylation sites (tertiary alicyclic amines) is 1. The lowest BCUT2D eigenvalue weighted by Crippen LogP contribution is -2.41. The molecule has 0 aromatic carbocycles. The van der Waals surface area contributed by atoms with Crippen molar-refractivity contribution in [1.82, 2.24) is 14.5 Å². The Morgan fingerprint density at radius 1 is 1.43 bits per heavy atom. The molecule has 0 bridgehead atoms. The van der Waals surface area contributed by atoms with E-state index >= 15 is 0 Å². The molecule has 0 spiro atoms. The summed E-state index contributed by atoms with van der Waals surface area (Å²) < 4.78 is 2.20. The molecule has 1 fully saturated rings. The van der Waals surface area contributed by atoms with E-state index in [2.05, 4.69) is 28.6 Å². The van der Waals surface area contributed by atoms with Crippen LogP contribution in [0.1, 0.15) is 34.5 Å². The van der Waals surface area contributed by atoms with E-state index in [1.54, 1.807) is 11.3 Å². The molecule has 1 aliphatic rings. The third-order valence-electron chi connectivity index (χ3n) is 4.13. The Kier molecular flexibility index (Phi) is 4.10. The molecule has 1 aliphatic heterocycles. The lowest BCUT2D eigenvalue weighted by Gasteiger charge is -2.34. The topological polar surface area (TPSA) is 38.1 Å². The Balaban J connectivity index is 1.65. The van der Waals surface area contributed by atoms with Crippen molar-refractivity contribution in [2.75, 3.05) is 13.1 Å². The highest BCUT2D eigenvalue weighted by Gasteiger charge is 2.25. The van der Waals surface area contributed by atoms with Gasteiger partial charge in [-0.3, -0.25) is 4.79 Å². The Hall–Kier alpha value is -1.62. The third kappa shape index (κ3) is 3.18. The van der Waals surface area contributed by atoms with Crippen molar-refractivity contribution < 1.29 is 4.79 Å². The molecule has 0 unspecified atom stereocenters. The third-order valence-corrected chi connectivity index (χ3v) is 5.13. The van der Waals surface area contributed by atoms with Crippen LogP contribution in [0.15, 0.2) is 24.5 Å². The number of carbonyl (C=O) groups is 1. The smallest absolute Gasteiger partial charge is 0.227 e. The van der Waals surface area contributed by atoms with Crippen molar-refractivity contribution in [3.63, 3.8) is 0 Å². The Morgan fingerprint density at radius 3 is 2.95 bits per heavy atom. The van der Waals surface area contributed by atoms with E-state index in [-0.39, 0.29) is 5.91 Å². The summed E-state index contributed by atoms with van der Waals surface area (Å²) in [6, 6.07) is 4.52. The maximum absolute atomic E-state index is 12.5. The van der Waals surface area contributed by atoms with Crippen LogP contribution in [0, 0.1) is 13.8 Å². The number of imidazole rings is 1. The summed E-state index contributed by atoms with van der Waals surface area (Å²) >= 11 is 1.72. The molecule has 4 nitrogen and oxygen atoms in total. The molecule has 1 saturated heterocycles. The number of nitrogens with zero attached hydrogens (tertiary/aromatic N) is 3. The van der Waals surface area contributed by atoms with E-state index in [4.69, 9.17) is 0 Å². The minimum Gasteiger partial charge on any atom is -0.340 e. The van der Waals surface area contributed by atoms with Gasteiger partial charge in [0.1, 0.15) is 5.82 Å². The van der Waals surface area contributed by atoms with Gasteiger partial charge in [-0.05, 0) is 38.8 Å². The van der Waals surface area contributed by atoms with E-state index in [1.807, 2.05) is 24.2 Å². The first-order chi connectivity index (χ1) is 10.1. The number of rotatable bonds is 3. The zero-order valence-electron chi connectivity index (χ0n) is 12.6. The minimum absolute atomic E-state index is 0.249. The number of aromatic nitrogens is 2. The normalized spacial score (nSPS) is 19.0. The summed E-state index contributed by atoms with van der Waals surface area (Å²) in [6.45, 7) is 5.79. The average Bonchev–Trinajstić information content (AvgIpc) is 3.07. The van der Waals surface area contributed by atoms with Gasteiger partial charge in [0.15, 0.2) is 0 Å². The molecule has 2 aromatic rings. The molecular formula is C16H21N3OS. The lowest BCUT2D eigenvalue weighted by molar-refractivity contribution is -0.132. The number of piperidine rings is 1. The van der Waals surface area contributed by atoms with E-state index in [0.29, 0.717) is 12.5 Å². The number of thiophene rings is 1. The highest BCUT2D eigenvalue weighted by Crippen LogP contribution is 2.24. The molecule has 0 saturated carbocycles. The Morgan fingerprint density at radius 2 is 2.29 bits per heavy atom. The summed E-state index contributed by atoms with van der Waals surface area (Å²) in [4.78, 5) is 21.2. The SMILES string of the molecule is Cc1ccc(CC(=O)N2CCC[C@H](n3ccnc3C)C2)s1. The molecule has 21 heavy (non-hydrogen) atoms. The fourth-order valence-corrected chi connectivity index (χ4v) is 3.90. The predicted molar refractivity (Wildman–Crippen MR) is 84.6 cm³/mol. The Labute approximate surface area is 129 Å². The minimum atomic E-state index is 0.249. The summed E-state index contributed by atoms with van der Waals surface area (Å²) in [5, 5.41) is 0. The first-order valence-corrected chi connectivity index (χ1v) is 8.27. The summed E-state index contributed by atoms with van der Waals surface area (Å²) in [6.07, 6.45) is 6.59. The van der Waals surface area contributed by atoms with E-state index < -0.39 is 0 Å². The maximum atomic E-state index is 12.5. The van der Waals surface area contributed by atoms with Crippen LogP contribution in [0.5, 0.6) is 0 Å². The highest BCUT2D eigenvalue weighted by molar-refractivity contribution is 7.12. The maximum Gasteiger partial charge on any atom is 0.227 e. The van der Waals surface area contributed by atoms with Crippen LogP contribution < -0.4 is 0 Å². The number of hydrogen-bond acceptors (Lipinski definition) is 3. The van der Waals surface area contributed by atoms with Crippen molar-refractivity contribution in [3.05, 3.63) is 40.1 Å². The first-order valence-electron chi connectivity index (χ1n) is 7.46. The van der Waals surface area contributed by atoms with Crippen LogP contribution in [-0.2, 0) is 11.2 Å². The first kappa shape index (κ1) is 14.3. The molecule has 3 rings (SSSR count). The Bertz CT molecular complexity index is 631. The van der Waals surface area contributed by atoms with Gasteiger partial charge in [0.25, 0.3) is 0 Å². The zero-order valence-corrected chi connectivity index (χ0v) is 13.4. The van der Waals surface area contributed by atoms with E-state index in [1.165, 1.54) is 9.75 Å². The zero-order chi connectivity index (χ0) is 14.8. The van der Waals surface area contributed by atoms with Gasteiger partial charge in [-0.1, -0.05) is 0 Å².